The second-order valence-corrected chi connectivity index (χ2v) is 4.60. The first kappa shape index (κ1) is 13.4. The molecular weight excluding hydrogens is 242 g/mol. The first-order valence-corrected chi connectivity index (χ1v) is 6.57. The quantitative estimate of drug-likeness (QED) is 0.735. The van der Waals surface area contributed by atoms with Gasteiger partial charge in [0, 0.05) is 31.1 Å². The van der Waals surface area contributed by atoms with Crippen LogP contribution in [0.25, 0.3) is 0 Å². The monoisotopic (exact) mass is 261 g/mol. The number of likely N-dealkylation sites (N-methyl/N-ethyl adjacent to an activating group) is 1. The maximum Gasteiger partial charge on any atom is 0.239 e. The van der Waals surface area contributed by atoms with Crippen LogP contribution in [0.5, 0.6) is 0 Å². The highest BCUT2D eigenvalue weighted by molar-refractivity contribution is 5.85. The Hall–Kier alpha value is -2.04. The first-order valence-electron chi connectivity index (χ1n) is 6.57. The van der Waals surface area contributed by atoms with E-state index in [4.69, 9.17) is 0 Å². The summed E-state index contributed by atoms with van der Waals surface area (Å²) in [6.07, 6.45) is 0.406. The van der Waals surface area contributed by atoms with Gasteiger partial charge in [-0.05, 0) is 18.6 Å². The molecule has 3 N–H and O–H groups in total. The van der Waals surface area contributed by atoms with E-state index in [0.717, 1.165) is 12.2 Å². The third-order valence-electron chi connectivity index (χ3n) is 3.19. The minimum atomic E-state index is -0.152. The van der Waals surface area contributed by atoms with Crippen molar-refractivity contribution in [3.63, 3.8) is 0 Å². The minimum Gasteiger partial charge on any atom is -0.384 e. The van der Waals surface area contributed by atoms with Gasteiger partial charge in [-0.3, -0.25) is 9.59 Å². The van der Waals surface area contributed by atoms with Gasteiger partial charge in [-0.25, -0.2) is 0 Å². The Morgan fingerprint density at radius 1 is 1.26 bits per heavy atom. The fraction of sp³-hybridized carbons (Fsp3) is 0.429. The minimum absolute atomic E-state index is 0.0501. The first-order chi connectivity index (χ1) is 9.20. The summed E-state index contributed by atoms with van der Waals surface area (Å²) in [6.45, 7) is 3.25. The zero-order chi connectivity index (χ0) is 13.7. The zero-order valence-corrected chi connectivity index (χ0v) is 11.0. The third-order valence-corrected chi connectivity index (χ3v) is 3.19. The van der Waals surface area contributed by atoms with Crippen molar-refractivity contribution >= 4 is 17.5 Å². The van der Waals surface area contributed by atoms with Crippen LogP contribution < -0.4 is 16.0 Å². The number of rotatable bonds is 5. The van der Waals surface area contributed by atoms with Crippen LogP contribution in [-0.2, 0) is 9.59 Å². The lowest BCUT2D eigenvalue weighted by Crippen LogP contribution is -2.37. The molecule has 0 saturated heterocycles. The number of anilines is 1. The number of carbonyl (C=O) groups excluding carboxylic acids is 2. The van der Waals surface area contributed by atoms with Gasteiger partial charge in [0.2, 0.25) is 11.8 Å². The largest absolute Gasteiger partial charge is 0.384 e. The van der Waals surface area contributed by atoms with Crippen molar-refractivity contribution in [1.82, 2.24) is 10.6 Å². The number of hydrogen-bond acceptors (Lipinski definition) is 3. The summed E-state index contributed by atoms with van der Waals surface area (Å²) in [6, 6.07) is 8.01. The van der Waals surface area contributed by atoms with Gasteiger partial charge in [0.25, 0.3) is 0 Å². The smallest absolute Gasteiger partial charge is 0.239 e. The highest BCUT2D eigenvalue weighted by Gasteiger charge is 2.23. The second kappa shape index (κ2) is 6.22. The molecule has 1 aliphatic rings. The molecule has 5 nitrogen and oxygen atoms in total. The average molecular weight is 261 g/mol. The van der Waals surface area contributed by atoms with Crippen molar-refractivity contribution < 1.29 is 9.59 Å². The lowest BCUT2D eigenvalue weighted by molar-refractivity contribution is -0.126. The number of para-hydroxylation sites is 1. The Bertz CT molecular complexity index is 474. The van der Waals surface area contributed by atoms with Crippen molar-refractivity contribution in [2.75, 3.05) is 25.0 Å². The number of carbonyl (C=O) groups is 2. The SMILES string of the molecule is CCNC(=O)CNC(=O)CC1CNc2ccccc21. The topological polar surface area (TPSA) is 70.2 Å². The fourth-order valence-electron chi connectivity index (χ4n) is 2.27. The van der Waals surface area contributed by atoms with E-state index in [9.17, 15) is 9.59 Å². The summed E-state index contributed by atoms with van der Waals surface area (Å²) in [5.41, 5.74) is 2.28. The molecule has 1 heterocycles. The van der Waals surface area contributed by atoms with Crippen LogP contribution in [0.3, 0.4) is 0 Å². The van der Waals surface area contributed by atoms with E-state index in [2.05, 4.69) is 16.0 Å². The average Bonchev–Trinajstić information content (AvgIpc) is 2.80. The Morgan fingerprint density at radius 2 is 2.05 bits per heavy atom. The standard InChI is InChI=1S/C14H19N3O2/c1-2-15-14(19)9-17-13(18)7-10-8-16-12-6-4-3-5-11(10)12/h3-6,10,16H,2,7-9H2,1H3,(H,15,19)(H,17,18). The Morgan fingerprint density at radius 3 is 2.84 bits per heavy atom. The van der Waals surface area contributed by atoms with Gasteiger partial charge in [0.15, 0.2) is 0 Å². The van der Waals surface area contributed by atoms with Crippen LogP contribution >= 0.6 is 0 Å². The third kappa shape index (κ3) is 3.47. The summed E-state index contributed by atoms with van der Waals surface area (Å²) < 4.78 is 0. The van der Waals surface area contributed by atoms with Crippen LogP contribution in [0.2, 0.25) is 0 Å². The van der Waals surface area contributed by atoms with Crippen molar-refractivity contribution in [3.05, 3.63) is 29.8 Å². The summed E-state index contributed by atoms with van der Waals surface area (Å²) in [5.74, 6) is -0.0546. The molecule has 0 bridgehead atoms. The summed E-state index contributed by atoms with van der Waals surface area (Å²) >= 11 is 0. The normalized spacial score (nSPS) is 16.4. The summed E-state index contributed by atoms with van der Waals surface area (Å²) in [7, 11) is 0. The highest BCUT2D eigenvalue weighted by atomic mass is 16.2. The molecule has 2 amide bonds. The van der Waals surface area contributed by atoms with Gasteiger partial charge in [-0.15, -0.1) is 0 Å². The summed E-state index contributed by atoms with van der Waals surface area (Å²) in [4.78, 5) is 23.0. The van der Waals surface area contributed by atoms with E-state index >= 15 is 0 Å². The molecule has 0 aliphatic carbocycles. The van der Waals surface area contributed by atoms with Gasteiger partial charge in [-0.1, -0.05) is 18.2 Å². The lowest BCUT2D eigenvalue weighted by Gasteiger charge is -2.10. The second-order valence-electron chi connectivity index (χ2n) is 4.60. The molecule has 0 radical (unpaired) electrons. The van der Waals surface area contributed by atoms with Gasteiger partial charge in [-0.2, -0.15) is 0 Å². The van der Waals surface area contributed by atoms with Crippen molar-refractivity contribution in [2.24, 2.45) is 0 Å². The maximum absolute atomic E-state index is 11.8. The van der Waals surface area contributed by atoms with E-state index in [0.29, 0.717) is 13.0 Å². The number of benzene rings is 1. The molecule has 0 spiro atoms. The molecule has 5 heteroatoms. The molecule has 1 unspecified atom stereocenters. The highest BCUT2D eigenvalue weighted by Crippen LogP contribution is 2.32. The molecule has 0 saturated carbocycles. The molecule has 2 rings (SSSR count). The molecule has 0 fully saturated rings. The van der Waals surface area contributed by atoms with E-state index in [1.807, 2.05) is 31.2 Å². The predicted molar refractivity (Wildman–Crippen MR) is 74.0 cm³/mol. The molecule has 19 heavy (non-hydrogen) atoms. The van der Waals surface area contributed by atoms with E-state index < -0.39 is 0 Å². The molecular formula is C14H19N3O2. The Balaban J connectivity index is 1.82. The van der Waals surface area contributed by atoms with Crippen LogP contribution in [0.1, 0.15) is 24.8 Å². The van der Waals surface area contributed by atoms with Crippen LogP contribution in [0.4, 0.5) is 5.69 Å². The van der Waals surface area contributed by atoms with Crippen LogP contribution in [0, 0.1) is 0 Å². The maximum atomic E-state index is 11.8. The fourth-order valence-corrected chi connectivity index (χ4v) is 2.27. The number of fused-ring (bicyclic) bond motifs is 1. The molecule has 1 aliphatic heterocycles. The summed E-state index contributed by atoms with van der Waals surface area (Å²) in [5, 5.41) is 8.57. The number of amides is 2. The molecule has 1 aromatic carbocycles. The van der Waals surface area contributed by atoms with E-state index in [1.54, 1.807) is 0 Å². The van der Waals surface area contributed by atoms with E-state index in [-0.39, 0.29) is 24.3 Å². The van der Waals surface area contributed by atoms with Crippen LogP contribution in [0.15, 0.2) is 24.3 Å². The van der Waals surface area contributed by atoms with Crippen LogP contribution in [-0.4, -0.2) is 31.4 Å². The van der Waals surface area contributed by atoms with Gasteiger partial charge in [0.1, 0.15) is 0 Å². The molecule has 1 atom stereocenters. The number of nitrogens with one attached hydrogen (secondary N) is 3. The van der Waals surface area contributed by atoms with Crippen molar-refractivity contribution in [3.8, 4) is 0 Å². The van der Waals surface area contributed by atoms with Crippen molar-refractivity contribution in [2.45, 2.75) is 19.3 Å². The van der Waals surface area contributed by atoms with Crippen molar-refractivity contribution in [1.29, 1.82) is 0 Å². The Kier molecular flexibility index (Phi) is 4.39. The Labute approximate surface area is 112 Å². The predicted octanol–water partition coefficient (Wildman–Crippen LogP) is 0.838. The lowest BCUT2D eigenvalue weighted by atomic mass is 9.97. The number of hydrogen-bond donors (Lipinski definition) is 3. The van der Waals surface area contributed by atoms with Gasteiger partial charge in [0.05, 0.1) is 6.54 Å². The molecule has 1 aromatic rings. The molecule has 102 valence electrons. The zero-order valence-electron chi connectivity index (χ0n) is 11.0. The molecule has 0 aromatic heterocycles. The van der Waals surface area contributed by atoms with E-state index in [1.165, 1.54) is 5.56 Å². The van der Waals surface area contributed by atoms with Gasteiger partial charge >= 0.3 is 0 Å². The van der Waals surface area contributed by atoms with Gasteiger partial charge < -0.3 is 16.0 Å².